The monoisotopic (exact) mass is 448 g/mol. The molecule has 8 bridgehead atoms. The summed E-state index contributed by atoms with van der Waals surface area (Å²) in [6, 6.07) is 13.8. The zero-order valence-electron chi connectivity index (χ0n) is 20.3. The van der Waals surface area contributed by atoms with Gasteiger partial charge in [-0.05, 0) is 118 Å². The molecule has 2 nitrogen and oxygen atoms in total. The van der Waals surface area contributed by atoms with E-state index in [2.05, 4.69) is 36.4 Å². The van der Waals surface area contributed by atoms with E-state index in [1.807, 2.05) is 0 Å². The highest BCUT2D eigenvalue weighted by Crippen LogP contribution is 2.59. The van der Waals surface area contributed by atoms with Crippen LogP contribution in [0, 0.1) is 35.5 Å². The maximum atomic E-state index is 5.87. The minimum atomic E-state index is 0.191. The lowest BCUT2D eigenvalue weighted by atomic mass is 9.53. The second-order valence-electron chi connectivity index (χ2n) is 13.9. The first kappa shape index (κ1) is 19.3. The maximum absolute atomic E-state index is 5.87. The Morgan fingerprint density at radius 2 is 0.853 bits per heavy atom. The summed E-state index contributed by atoms with van der Waals surface area (Å²) in [7, 11) is 0. The van der Waals surface area contributed by atoms with Crippen molar-refractivity contribution in [3.05, 3.63) is 47.5 Å². The molecule has 0 saturated heterocycles. The van der Waals surface area contributed by atoms with Gasteiger partial charge < -0.3 is 0 Å². The lowest BCUT2D eigenvalue weighted by molar-refractivity contribution is 0.00102. The van der Waals surface area contributed by atoms with E-state index < -0.39 is 0 Å². The van der Waals surface area contributed by atoms with E-state index in [1.54, 1.807) is 0 Å². The normalized spacial score (nSPS) is 47.5. The Balaban J connectivity index is 1.24. The summed E-state index contributed by atoms with van der Waals surface area (Å²) in [5.41, 5.74) is 5.71. The Bertz CT molecular complexity index is 1110. The fourth-order valence-corrected chi connectivity index (χ4v) is 11.1. The first-order valence-corrected chi connectivity index (χ1v) is 14.4. The maximum Gasteiger partial charge on any atom is 0.0918 e. The van der Waals surface area contributed by atoms with Gasteiger partial charge in [0.05, 0.1) is 22.5 Å². The van der Waals surface area contributed by atoms with Gasteiger partial charge in [0.25, 0.3) is 0 Å². The summed E-state index contributed by atoms with van der Waals surface area (Å²) in [5.74, 6) is 5.58. The number of benzene rings is 2. The van der Waals surface area contributed by atoms with Crippen molar-refractivity contribution in [2.24, 2.45) is 45.5 Å². The van der Waals surface area contributed by atoms with Crippen LogP contribution < -0.4 is 0 Å². The summed E-state index contributed by atoms with van der Waals surface area (Å²) < 4.78 is 0. The SMILES string of the molecule is c1cc2c3c(cccc3c1)C(=NC13CC4CC(CC(C4)C1)C3)C2=NC12CC3CC(CC(C3)C1)C2. The molecule has 9 aliphatic carbocycles. The minimum Gasteiger partial charge on any atom is -0.276 e. The number of nitrogens with zero attached hydrogens (tertiary/aromatic N) is 2. The number of hydrogen-bond acceptors (Lipinski definition) is 2. The molecule has 0 unspecified atom stereocenters. The van der Waals surface area contributed by atoms with Gasteiger partial charge in [-0.15, -0.1) is 0 Å². The van der Waals surface area contributed by atoms with Gasteiger partial charge in [0, 0.05) is 16.5 Å². The summed E-state index contributed by atoms with van der Waals surface area (Å²) in [5, 5.41) is 2.79. The van der Waals surface area contributed by atoms with Crippen molar-refractivity contribution in [3.8, 4) is 0 Å². The van der Waals surface area contributed by atoms with E-state index in [0.717, 1.165) is 35.5 Å². The van der Waals surface area contributed by atoms with Crippen molar-refractivity contribution in [3.63, 3.8) is 0 Å². The van der Waals surface area contributed by atoms with Gasteiger partial charge in [-0.3, -0.25) is 9.98 Å². The first-order valence-electron chi connectivity index (χ1n) is 14.4. The third-order valence-electron chi connectivity index (χ3n) is 11.3. The molecule has 2 heteroatoms. The lowest BCUT2D eigenvalue weighted by Crippen LogP contribution is -2.51. The molecule has 9 aliphatic rings. The Kier molecular flexibility index (Phi) is 3.64. The fourth-order valence-electron chi connectivity index (χ4n) is 11.1. The molecule has 8 fully saturated rings. The Labute approximate surface area is 203 Å². The van der Waals surface area contributed by atoms with E-state index in [1.165, 1.54) is 110 Å². The molecule has 34 heavy (non-hydrogen) atoms. The van der Waals surface area contributed by atoms with Crippen molar-refractivity contribution in [2.75, 3.05) is 0 Å². The Morgan fingerprint density at radius 3 is 1.21 bits per heavy atom. The average Bonchev–Trinajstić information content (AvgIpc) is 3.06. The summed E-state index contributed by atoms with van der Waals surface area (Å²) in [4.78, 5) is 11.7. The van der Waals surface area contributed by atoms with Crippen LogP contribution in [0.5, 0.6) is 0 Å². The zero-order valence-corrected chi connectivity index (χ0v) is 20.3. The Hall–Kier alpha value is -1.96. The predicted molar refractivity (Wildman–Crippen MR) is 139 cm³/mol. The molecule has 11 rings (SSSR count). The van der Waals surface area contributed by atoms with Gasteiger partial charge in [0.2, 0.25) is 0 Å². The molecule has 2 aromatic carbocycles. The van der Waals surface area contributed by atoms with Crippen molar-refractivity contribution in [1.82, 2.24) is 0 Å². The van der Waals surface area contributed by atoms with E-state index in [4.69, 9.17) is 9.98 Å². The molecule has 2 aromatic rings. The quantitative estimate of drug-likeness (QED) is 0.458. The number of aliphatic imine (C=N–C) groups is 2. The molecule has 0 atom stereocenters. The highest BCUT2D eigenvalue weighted by Gasteiger charge is 2.53. The molecule has 0 heterocycles. The van der Waals surface area contributed by atoms with Crippen molar-refractivity contribution in [1.29, 1.82) is 0 Å². The van der Waals surface area contributed by atoms with Crippen LogP contribution in [0.4, 0.5) is 0 Å². The predicted octanol–water partition coefficient (Wildman–Crippen LogP) is 7.37. The van der Waals surface area contributed by atoms with E-state index >= 15 is 0 Å². The molecule has 8 saturated carbocycles. The summed E-state index contributed by atoms with van der Waals surface area (Å²) >= 11 is 0. The van der Waals surface area contributed by atoms with Crippen molar-refractivity contribution >= 4 is 22.2 Å². The largest absolute Gasteiger partial charge is 0.276 e. The molecule has 0 N–H and O–H groups in total. The standard InChI is InChI=1S/C32H36N2/c1-3-25-4-2-6-27-28(25)26(5-1)29(33-31-13-19-7-20(14-31)9-21(8-19)15-31)30(27)34-32-16-22-10-23(17-32)12-24(11-22)18-32/h1-6,19-24H,7-18H2. The van der Waals surface area contributed by atoms with E-state index in [9.17, 15) is 0 Å². The average molecular weight is 449 g/mol. The number of hydrogen-bond donors (Lipinski definition) is 0. The molecular formula is C32H36N2. The topological polar surface area (TPSA) is 24.7 Å². The van der Waals surface area contributed by atoms with Gasteiger partial charge in [0.1, 0.15) is 0 Å². The molecule has 0 aliphatic heterocycles. The molecule has 0 spiro atoms. The van der Waals surface area contributed by atoms with Crippen LogP contribution in [-0.2, 0) is 0 Å². The highest BCUT2D eigenvalue weighted by atomic mass is 15.0. The second-order valence-corrected chi connectivity index (χ2v) is 13.9. The van der Waals surface area contributed by atoms with Gasteiger partial charge in [-0.25, -0.2) is 0 Å². The van der Waals surface area contributed by atoms with Gasteiger partial charge in [0.15, 0.2) is 0 Å². The van der Waals surface area contributed by atoms with Crippen molar-refractivity contribution in [2.45, 2.75) is 88.1 Å². The van der Waals surface area contributed by atoms with E-state index in [0.29, 0.717) is 0 Å². The molecule has 174 valence electrons. The minimum absolute atomic E-state index is 0.191. The van der Waals surface area contributed by atoms with Crippen LogP contribution >= 0.6 is 0 Å². The third kappa shape index (κ3) is 2.64. The molecule has 0 radical (unpaired) electrons. The molecule has 0 amide bonds. The number of rotatable bonds is 2. The van der Waals surface area contributed by atoms with Gasteiger partial charge in [-0.1, -0.05) is 36.4 Å². The van der Waals surface area contributed by atoms with Gasteiger partial charge in [-0.2, -0.15) is 0 Å². The van der Waals surface area contributed by atoms with Crippen molar-refractivity contribution < 1.29 is 0 Å². The van der Waals surface area contributed by atoms with Gasteiger partial charge >= 0.3 is 0 Å². The third-order valence-corrected chi connectivity index (χ3v) is 11.3. The van der Waals surface area contributed by atoms with Crippen LogP contribution in [-0.4, -0.2) is 22.5 Å². The molecule has 0 aromatic heterocycles. The fraction of sp³-hybridized carbons (Fsp3) is 0.625. The first-order chi connectivity index (χ1) is 16.6. The van der Waals surface area contributed by atoms with Crippen LogP contribution in [0.1, 0.15) is 88.2 Å². The van der Waals surface area contributed by atoms with Crippen LogP contribution in [0.15, 0.2) is 46.4 Å². The molecular weight excluding hydrogens is 412 g/mol. The highest BCUT2D eigenvalue weighted by molar-refractivity contribution is 6.61. The summed E-state index contributed by atoms with van der Waals surface area (Å²) in [6.07, 6.45) is 16.9. The Morgan fingerprint density at radius 1 is 0.500 bits per heavy atom. The van der Waals surface area contributed by atoms with Crippen LogP contribution in [0.3, 0.4) is 0 Å². The van der Waals surface area contributed by atoms with Crippen LogP contribution in [0.25, 0.3) is 10.8 Å². The lowest BCUT2D eigenvalue weighted by Gasteiger charge is -2.55. The zero-order chi connectivity index (χ0) is 22.1. The smallest absolute Gasteiger partial charge is 0.0918 e. The second kappa shape index (κ2) is 6.42. The van der Waals surface area contributed by atoms with Crippen LogP contribution in [0.2, 0.25) is 0 Å². The summed E-state index contributed by atoms with van der Waals surface area (Å²) in [6.45, 7) is 0. The van der Waals surface area contributed by atoms with E-state index in [-0.39, 0.29) is 11.1 Å².